The maximum Gasteiger partial charge on any atom is 0.341 e. The number of halogens is 3. The minimum atomic E-state index is -1.04. The van der Waals surface area contributed by atoms with Crippen molar-refractivity contribution in [2.24, 2.45) is 0 Å². The van der Waals surface area contributed by atoms with Crippen molar-refractivity contribution in [3.8, 4) is 0 Å². The summed E-state index contributed by atoms with van der Waals surface area (Å²) in [5.41, 5.74) is -0.0756. The predicted molar refractivity (Wildman–Crippen MR) is 96.8 cm³/mol. The summed E-state index contributed by atoms with van der Waals surface area (Å²) >= 11 is 1.05. The molecule has 1 amide bonds. The highest BCUT2D eigenvalue weighted by atomic mass is 32.1. The Morgan fingerprint density at radius 3 is 2.54 bits per heavy atom. The first-order valence-corrected chi connectivity index (χ1v) is 8.86. The summed E-state index contributed by atoms with van der Waals surface area (Å²) in [4.78, 5) is 29.2. The number of rotatable bonds is 5. The van der Waals surface area contributed by atoms with Crippen LogP contribution in [0.25, 0.3) is 0 Å². The Morgan fingerprint density at radius 2 is 1.86 bits per heavy atom. The third kappa shape index (κ3) is 4.20. The quantitative estimate of drug-likeness (QED) is 0.581. The molecule has 2 aromatic carbocycles. The van der Waals surface area contributed by atoms with E-state index >= 15 is 0 Å². The van der Waals surface area contributed by atoms with Crippen LogP contribution in [0.1, 0.15) is 23.0 Å². The molecule has 0 fully saturated rings. The summed E-state index contributed by atoms with van der Waals surface area (Å²) in [7, 11) is 0. The fourth-order valence-electron chi connectivity index (χ4n) is 2.38. The minimum absolute atomic E-state index is 0.0429. The van der Waals surface area contributed by atoms with E-state index in [1.807, 2.05) is 0 Å². The Kier molecular flexibility index (Phi) is 5.74. The number of anilines is 2. The number of nitrogens with zero attached hydrogens (tertiary/aromatic N) is 2. The lowest BCUT2D eigenvalue weighted by Gasteiger charge is -2.18. The third-order valence-electron chi connectivity index (χ3n) is 3.64. The van der Waals surface area contributed by atoms with Gasteiger partial charge in [-0.2, -0.15) is 0 Å². The molecule has 0 radical (unpaired) electrons. The standard InChI is InChI=1S/C19H13F3N2O3S/c1-11(25)24(17-5-3-2-4-15(17)21)19-23-13(10-28-19)9-27-18(26)14-7-6-12(20)8-16(14)22/h2-8,10H,9H2,1H3. The number of para-hydroxylation sites is 1. The fourth-order valence-corrected chi connectivity index (χ4v) is 3.24. The van der Waals surface area contributed by atoms with Crippen molar-refractivity contribution in [3.63, 3.8) is 0 Å². The maximum atomic E-state index is 14.1. The number of carbonyl (C=O) groups excluding carboxylic acids is 2. The van der Waals surface area contributed by atoms with E-state index in [1.165, 1.54) is 30.5 Å². The summed E-state index contributed by atoms with van der Waals surface area (Å²) in [6.07, 6.45) is 0. The molecule has 0 aliphatic carbocycles. The van der Waals surface area contributed by atoms with Gasteiger partial charge in [0.2, 0.25) is 5.91 Å². The van der Waals surface area contributed by atoms with Crippen molar-refractivity contribution in [2.75, 3.05) is 4.90 Å². The summed E-state index contributed by atoms with van der Waals surface area (Å²) in [5, 5.41) is 1.72. The molecule has 0 saturated carbocycles. The molecule has 0 bridgehead atoms. The Morgan fingerprint density at radius 1 is 1.11 bits per heavy atom. The smallest absolute Gasteiger partial charge is 0.341 e. The SMILES string of the molecule is CC(=O)N(c1nc(COC(=O)c2ccc(F)cc2F)cs1)c1ccccc1F. The zero-order valence-electron chi connectivity index (χ0n) is 14.5. The molecular weight excluding hydrogens is 393 g/mol. The second-order valence-electron chi connectivity index (χ2n) is 5.63. The second-order valence-corrected chi connectivity index (χ2v) is 6.46. The zero-order valence-corrected chi connectivity index (χ0v) is 15.3. The molecule has 1 aromatic heterocycles. The summed E-state index contributed by atoms with van der Waals surface area (Å²) in [5.74, 6) is -3.87. The van der Waals surface area contributed by atoms with Crippen LogP contribution < -0.4 is 4.90 Å². The average molecular weight is 406 g/mol. The number of benzene rings is 2. The molecule has 0 unspecified atom stereocenters. The number of amides is 1. The van der Waals surface area contributed by atoms with Crippen LogP contribution in [0, 0.1) is 17.5 Å². The number of esters is 1. The number of hydrogen-bond acceptors (Lipinski definition) is 5. The van der Waals surface area contributed by atoms with Crippen molar-refractivity contribution in [1.29, 1.82) is 0 Å². The van der Waals surface area contributed by atoms with E-state index in [1.54, 1.807) is 6.07 Å². The van der Waals surface area contributed by atoms with E-state index in [0.29, 0.717) is 11.8 Å². The van der Waals surface area contributed by atoms with Gasteiger partial charge in [0, 0.05) is 18.4 Å². The van der Waals surface area contributed by atoms with Gasteiger partial charge in [-0.3, -0.25) is 9.69 Å². The summed E-state index contributed by atoms with van der Waals surface area (Å²) in [6, 6.07) is 8.25. The average Bonchev–Trinajstić information content (AvgIpc) is 3.10. The number of aromatic nitrogens is 1. The monoisotopic (exact) mass is 406 g/mol. The van der Waals surface area contributed by atoms with Crippen LogP contribution >= 0.6 is 11.3 Å². The molecule has 0 spiro atoms. The van der Waals surface area contributed by atoms with E-state index in [2.05, 4.69) is 4.98 Å². The largest absolute Gasteiger partial charge is 0.455 e. The predicted octanol–water partition coefficient (Wildman–Crippen LogP) is 4.60. The molecule has 9 heteroatoms. The van der Waals surface area contributed by atoms with Crippen molar-refractivity contribution >= 4 is 34.0 Å². The topological polar surface area (TPSA) is 59.5 Å². The molecule has 0 saturated heterocycles. The van der Waals surface area contributed by atoms with Crippen LogP contribution in [-0.4, -0.2) is 16.9 Å². The Bertz CT molecular complexity index is 1040. The zero-order chi connectivity index (χ0) is 20.3. The fraction of sp³-hybridized carbons (Fsp3) is 0.105. The number of thiazole rings is 1. The van der Waals surface area contributed by atoms with Gasteiger partial charge >= 0.3 is 5.97 Å². The number of carbonyl (C=O) groups is 2. The lowest BCUT2D eigenvalue weighted by atomic mass is 10.2. The van der Waals surface area contributed by atoms with E-state index in [4.69, 9.17) is 4.74 Å². The molecule has 0 atom stereocenters. The van der Waals surface area contributed by atoms with Crippen LogP contribution in [0.5, 0.6) is 0 Å². The molecule has 3 rings (SSSR count). The highest BCUT2D eigenvalue weighted by Crippen LogP contribution is 2.30. The molecule has 3 aromatic rings. The first kappa shape index (κ1) is 19.6. The van der Waals surface area contributed by atoms with Gasteiger partial charge in [-0.25, -0.2) is 22.9 Å². The Hall–Kier alpha value is -3.20. The van der Waals surface area contributed by atoms with Crippen molar-refractivity contribution < 1.29 is 27.5 Å². The van der Waals surface area contributed by atoms with Gasteiger partial charge in [-0.15, -0.1) is 11.3 Å². The molecule has 144 valence electrons. The van der Waals surface area contributed by atoms with Crippen LogP contribution in [-0.2, 0) is 16.1 Å². The second kappa shape index (κ2) is 8.22. The highest BCUT2D eigenvalue weighted by Gasteiger charge is 2.21. The maximum absolute atomic E-state index is 14.1. The van der Waals surface area contributed by atoms with Gasteiger partial charge in [0.25, 0.3) is 0 Å². The highest BCUT2D eigenvalue weighted by molar-refractivity contribution is 7.14. The van der Waals surface area contributed by atoms with Gasteiger partial charge in [0.05, 0.1) is 16.9 Å². The molecule has 28 heavy (non-hydrogen) atoms. The Balaban J connectivity index is 1.75. The van der Waals surface area contributed by atoms with E-state index < -0.39 is 34.9 Å². The van der Waals surface area contributed by atoms with Crippen LogP contribution in [0.2, 0.25) is 0 Å². The number of hydrogen-bond donors (Lipinski definition) is 0. The van der Waals surface area contributed by atoms with Crippen LogP contribution in [0.15, 0.2) is 47.8 Å². The first-order chi connectivity index (χ1) is 13.4. The lowest BCUT2D eigenvalue weighted by Crippen LogP contribution is -2.23. The molecule has 0 aliphatic heterocycles. The summed E-state index contributed by atoms with van der Waals surface area (Å²) in [6.45, 7) is 0.972. The van der Waals surface area contributed by atoms with Crippen LogP contribution in [0.3, 0.4) is 0 Å². The molecule has 0 N–H and O–H groups in total. The lowest BCUT2D eigenvalue weighted by molar-refractivity contribution is -0.115. The van der Waals surface area contributed by atoms with Crippen molar-refractivity contribution in [2.45, 2.75) is 13.5 Å². The van der Waals surface area contributed by atoms with Crippen molar-refractivity contribution in [1.82, 2.24) is 4.98 Å². The number of ether oxygens (including phenoxy) is 1. The molecular formula is C19H13F3N2O3S. The van der Waals surface area contributed by atoms with Gasteiger partial charge in [0.15, 0.2) is 5.13 Å². The minimum Gasteiger partial charge on any atom is -0.455 e. The molecule has 0 aliphatic rings. The summed E-state index contributed by atoms with van der Waals surface area (Å²) < 4.78 is 45.6. The van der Waals surface area contributed by atoms with Gasteiger partial charge in [-0.1, -0.05) is 12.1 Å². The van der Waals surface area contributed by atoms with E-state index in [9.17, 15) is 22.8 Å². The van der Waals surface area contributed by atoms with E-state index in [-0.39, 0.29) is 17.4 Å². The van der Waals surface area contributed by atoms with Gasteiger partial charge in [0.1, 0.15) is 24.1 Å². The van der Waals surface area contributed by atoms with Crippen LogP contribution in [0.4, 0.5) is 24.0 Å². The van der Waals surface area contributed by atoms with Crippen molar-refractivity contribution in [3.05, 3.63) is 76.6 Å². The van der Waals surface area contributed by atoms with Gasteiger partial charge < -0.3 is 4.74 Å². The Labute approximate surface area is 162 Å². The normalized spacial score (nSPS) is 10.6. The first-order valence-electron chi connectivity index (χ1n) is 7.98. The molecule has 1 heterocycles. The van der Waals surface area contributed by atoms with E-state index in [0.717, 1.165) is 28.4 Å². The molecule has 5 nitrogen and oxygen atoms in total. The third-order valence-corrected chi connectivity index (χ3v) is 4.52. The van der Waals surface area contributed by atoms with Gasteiger partial charge in [-0.05, 0) is 24.3 Å².